The molecule has 2 amide bonds. The molecule has 0 aliphatic carbocycles. The molecule has 7 nitrogen and oxygen atoms in total. The topological polar surface area (TPSA) is 86.8 Å². The molecule has 214 valence electrons. The maximum atomic E-state index is 14.1. The number of aryl methyl sites for hydroxylation is 1. The van der Waals surface area contributed by atoms with E-state index < -0.39 is 28.5 Å². The molecule has 1 N–H and O–H groups in total. The van der Waals surface area contributed by atoms with Crippen LogP contribution in [0, 0.1) is 19.8 Å². The number of hydrogen-bond acceptors (Lipinski definition) is 4. The van der Waals surface area contributed by atoms with Crippen molar-refractivity contribution in [2.75, 3.05) is 23.7 Å². The number of amides is 2. The monoisotopic (exact) mass is 583 g/mol. The van der Waals surface area contributed by atoms with Gasteiger partial charge in [0.2, 0.25) is 21.8 Å². The van der Waals surface area contributed by atoms with Crippen LogP contribution in [0.3, 0.4) is 0 Å². The van der Waals surface area contributed by atoms with E-state index in [4.69, 9.17) is 11.6 Å². The first-order valence-electron chi connectivity index (χ1n) is 13.3. The molecule has 0 aromatic heterocycles. The average molecular weight is 584 g/mol. The van der Waals surface area contributed by atoms with Crippen molar-refractivity contribution in [2.24, 2.45) is 5.92 Å². The molecule has 0 heterocycles. The average Bonchev–Trinajstić information content (AvgIpc) is 2.90. The molecule has 0 radical (unpaired) electrons. The Morgan fingerprint density at radius 2 is 1.55 bits per heavy atom. The van der Waals surface area contributed by atoms with Crippen LogP contribution in [-0.4, -0.2) is 50.5 Å². The number of nitrogens with zero attached hydrogens (tertiary/aromatic N) is 2. The Morgan fingerprint density at radius 1 is 0.900 bits per heavy atom. The first-order chi connectivity index (χ1) is 18.9. The number of rotatable bonds is 12. The van der Waals surface area contributed by atoms with Crippen LogP contribution in [0.1, 0.15) is 36.1 Å². The van der Waals surface area contributed by atoms with Crippen molar-refractivity contribution in [3.63, 3.8) is 0 Å². The molecule has 0 saturated heterocycles. The minimum Gasteiger partial charge on any atom is -0.354 e. The van der Waals surface area contributed by atoms with Gasteiger partial charge < -0.3 is 10.2 Å². The van der Waals surface area contributed by atoms with Crippen molar-refractivity contribution in [3.05, 3.63) is 100 Å². The lowest BCUT2D eigenvalue weighted by Gasteiger charge is -2.34. The first-order valence-corrected chi connectivity index (χ1v) is 15.5. The number of anilines is 1. The number of halogens is 1. The van der Waals surface area contributed by atoms with Gasteiger partial charge in [-0.25, -0.2) is 8.42 Å². The number of hydrogen-bond donors (Lipinski definition) is 1. The van der Waals surface area contributed by atoms with Gasteiger partial charge in [0.05, 0.1) is 11.9 Å². The summed E-state index contributed by atoms with van der Waals surface area (Å²) in [6.07, 6.45) is 1.36. The van der Waals surface area contributed by atoms with E-state index in [0.717, 1.165) is 32.8 Å². The molecule has 0 bridgehead atoms. The molecule has 3 rings (SSSR count). The van der Waals surface area contributed by atoms with E-state index in [9.17, 15) is 18.0 Å². The third kappa shape index (κ3) is 8.57. The van der Waals surface area contributed by atoms with Crippen molar-refractivity contribution in [2.45, 2.75) is 46.7 Å². The predicted octanol–water partition coefficient (Wildman–Crippen LogP) is 5.14. The fraction of sp³-hybridized carbons (Fsp3) is 0.355. The van der Waals surface area contributed by atoms with Crippen molar-refractivity contribution >= 4 is 39.1 Å². The van der Waals surface area contributed by atoms with E-state index in [2.05, 4.69) is 5.32 Å². The SMILES string of the molecule is Cc1cccc(N(CC(=O)N(Cc2ccc(Cl)cc2)C(Cc2ccccc2)C(=O)NCC(C)C)S(C)(=O)=O)c1C. The standard InChI is InChI=1S/C31H38ClN3O4S/c1-22(2)19-33-31(37)29(18-25-11-7-6-8-12-25)34(20-26-14-16-27(32)17-15-26)30(36)21-35(40(5,38)39)28-13-9-10-23(3)24(28)4/h6-17,22,29H,18-21H2,1-5H3,(H,33,37). The van der Waals surface area contributed by atoms with Gasteiger partial charge in [-0.2, -0.15) is 0 Å². The molecule has 3 aromatic carbocycles. The normalized spacial score (nSPS) is 12.2. The van der Waals surface area contributed by atoms with Crippen molar-refractivity contribution < 1.29 is 18.0 Å². The van der Waals surface area contributed by atoms with E-state index in [1.807, 2.05) is 64.1 Å². The zero-order valence-corrected chi connectivity index (χ0v) is 25.3. The van der Waals surface area contributed by atoms with Gasteiger partial charge in [-0.05, 0) is 60.2 Å². The number of benzene rings is 3. The number of nitrogens with one attached hydrogen (secondary N) is 1. The summed E-state index contributed by atoms with van der Waals surface area (Å²) in [6.45, 7) is 7.82. The number of sulfonamides is 1. The number of carbonyl (C=O) groups is 2. The molecule has 0 aliphatic heterocycles. The third-order valence-electron chi connectivity index (χ3n) is 6.75. The molecular formula is C31H38ClN3O4S. The molecule has 1 unspecified atom stereocenters. The molecule has 1 atom stereocenters. The van der Waals surface area contributed by atoms with Crippen LogP contribution in [0.5, 0.6) is 0 Å². The maximum absolute atomic E-state index is 14.1. The molecular weight excluding hydrogens is 546 g/mol. The minimum absolute atomic E-state index is 0.104. The van der Waals surface area contributed by atoms with Gasteiger partial charge >= 0.3 is 0 Å². The Balaban J connectivity index is 2.07. The van der Waals surface area contributed by atoms with Gasteiger partial charge in [0.15, 0.2) is 0 Å². The fourth-order valence-electron chi connectivity index (χ4n) is 4.36. The van der Waals surface area contributed by atoms with Gasteiger partial charge in [-0.15, -0.1) is 0 Å². The predicted molar refractivity (Wildman–Crippen MR) is 162 cm³/mol. The van der Waals surface area contributed by atoms with Crippen LogP contribution in [-0.2, 0) is 32.6 Å². The Kier molecular flexibility index (Phi) is 10.8. The highest BCUT2D eigenvalue weighted by Crippen LogP contribution is 2.26. The quantitative estimate of drug-likeness (QED) is 0.320. The molecule has 3 aromatic rings. The van der Waals surface area contributed by atoms with Crippen molar-refractivity contribution in [3.8, 4) is 0 Å². The van der Waals surface area contributed by atoms with E-state index in [1.165, 1.54) is 4.90 Å². The molecule has 0 fully saturated rings. The molecule has 9 heteroatoms. The summed E-state index contributed by atoms with van der Waals surface area (Å²) >= 11 is 6.10. The fourth-order valence-corrected chi connectivity index (χ4v) is 5.39. The number of carbonyl (C=O) groups excluding carboxylic acids is 2. The van der Waals surface area contributed by atoms with Crippen LogP contribution in [0.25, 0.3) is 0 Å². The van der Waals surface area contributed by atoms with Gasteiger partial charge in [0, 0.05) is 24.5 Å². The molecule has 0 spiro atoms. The summed E-state index contributed by atoms with van der Waals surface area (Å²) in [7, 11) is -3.82. The van der Waals surface area contributed by atoms with Crippen LogP contribution >= 0.6 is 11.6 Å². The van der Waals surface area contributed by atoms with Crippen molar-refractivity contribution in [1.29, 1.82) is 0 Å². The first kappa shape index (κ1) is 31.2. The molecule has 40 heavy (non-hydrogen) atoms. The lowest BCUT2D eigenvalue weighted by Crippen LogP contribution is -2.53. The molecule has 0 saturated carbocycles. The Labute approximate surface area is 243 Å². The zero-order chi connectivity index (χ0) is 29.4. The maximum Gasteiger partial charge on any atom is 0.244 e. The Bertz CT molecular complexity index is 1410. The second-order valence-electron chi connectivity index (χ2n) is 10.5. The summed E-state index contributed by atoms with van der Waals surface area (Å²) in [5, 5.41) is 3.53. The zero-order valence-electron chi connectivity index (χ0n) is 23.7. The Hall–Kier alpha value is -3.36. The smallest absolute Gasteiger partial charge is 0.244 e. The van der Waals surface area contributed by atoms with Gasteiger partial charge in [-0.1, -0.05) is 80.0 Å². The summed E-state index contributed by atoms with van der Waals surface area (Å²) in [4.78, 5) is 29.2. The van der Waals surface area contributed by atoms with Crippen LogP contribution in [0.4, 0.5) is 5.69 Å². The van der Waals surface area contributed by atoms with Gasteiger partial charge in [0.25, 0.3) is 0 Å². The second-order valence-corrected chi connectivity index (χ2v) is 12.8. The highest BCUT2D eigenvalue weighted by atomic mass is 35.5. The second kappa shape index (κ2) is 13.8. The van der Waals surface area contributed by atoms with Crippen LogP contribution in [0.2, 0.25) is 5.02 Å². The lowest BCUT2D eigenvalue weighted by atomic mass is 10.0. The third-order valence-corrected chi connectivity index (χ3v) is 8.12. The summed E-state index contributed by atoms with van der Waals surface area (Å²) in [5.41, 5.74) is 3.76. The Morgan fingerprint density at radius 3 is 2.15 bits per heavy atom. The van der Waals surface area contributed by atoms with E-state index in [0.29, 0.717) is 17.3 Å². The van der Waals surface area contributed by atoms with Crippen LogP contribution < -0.4 is 9.62 Å². The highest BCUT2D eigenvalue weighted by Gasteiger charge is 2.33. The summed E-state index contributed by atoms with van der Waals surface area (Å²) in [6, 6.07) is 21.0. The highest BCUT2D eigenvalue weighted by molar-refractivity contribution is 7.92. The largest absolute Gasteiger partial charge is 0.354 e. The van der Waals surface area contributed by atoms with Crippen molar-refractivity contribution in [1.82, 2.24) is 10.2 Å². The van der Waals surface area contributed by atoms with E-state index in [1.54, 1.807) is 36.4 Å². The molecule has 0 aliphatic rings. The van der Waals surface area contributed by atoms with E-state index in [-0.39, 0.29) is 24.8 Å². The summed E-state index contributed by atoms with van der Waals surface area (Å²) in [5.74, 6) is -0.564. The van der Waals surface area contributed by atoms with E-state index >= 15 is 0 Å². The minimum atomic E-state index is -3.82. The van der Waals surface area contributed by atoms with Crippen LogP contribution in [0.15, 0.2) is 72.8 Å². The lowest BCUT2D eigenvalue weighted by molar-refractivity contribution is -0.140. The van der Waals surface area contributed by atoms with Gasteiger partial charge in [0.1, 0.15) is 12.6 Å². The van der Waals surface area contributed by atoms with Gasteiger partial charge in [-0.3, -0.25) is 13.9 Å². The summed E-state index contributed by atoms with van der Waals surface area (Å²) < 4.78 is 27.1.